The Morgan fingerprint density at radius 1 is 1.81 bits per heavy atom. The third-order valence-electron chi connectivity index (χ3n) is 1.84. The normalized spacial score (nSPS) is 11.6. The first-order chi connectivity index (χ1) is 7.54. The highest BCUT2D eigenvalue weighted by Crippen LogP contribution is 2.25. The van der Waals surface area contributed by atoms with Crippen LogP contribution in [0.25, 0.3) is 0 Å². The molecule has 0 bridgehead atoms. The Hall–Kier alpha value is -1.80. The predicted octanol–water partition coefficient (Wildman–Crippen LogP) is 2.47. The largest absolute Gasteiger partial charge is 0.361 e. The van der Waals surface area contributed by atoms with Gasteiger partial charge in [0, 0.05) is 24.7 Å². The average molecular weight is 240 g/mol. The molecule has 0 spiro atoms. The molecule has 0 radical (unpaired) electrons. The SMILES string of the molecule is C#CCC(C)Nc1ncc(Cl)cc1[N+](=O)[O-]. The van der Waals surface area contributed by atoms with Crippen molar-refractivity contribution in [1.29, 1.82) is 0 Å². The van der Waals surface area contributed by atoms with Gasteiger partial charge in [-0.2, -0.15) is 0 Å². The fourth-order valence-electron chi connectivity index (χ4n) is 1.14. The Labute approximate surface area is 98.0 Å². The lowest BCUT2D eigenvalue weighted by atomic mass is 10.2. The maximum absolute atomic E-state index is 10.7. The van der Waals surface area contributed by atoms with Crippen molar-refractivity contribution in [1.82, 2.24) is 4.98 Å². The van der Waals surface area contributed by atoms with Crippen molar-refractivity contribution < 1.29 is 4.92 Å². The zero-order valence-corrected chi connectivity index (χ0v) is 9.36. The summed E-state index contributed by atoms with van der Waals surface area (Å²) in [5, 5.41) is 13.8. The molecule has 0 aliphatic heterocycles. The van der Waals surface area contributed by atoms with E-state index < -0.39 is 4.92 Å². The molecule has 0 aliphatic rings. The van der Waals surface area contributed by atoms with Crippen LogP contribution in [0, 0.1) is 22.5 Å². The maximum atomic E-state index is 10.7. The first-order valence-electron chi connectivity index (χ1n) is 4.54. The monoisotopic (exact) mass is 239 g/mol. The standard InChI is InChI=1S/C10H10ClN3O2/c1-3-4-7(2)13-10-9(14(15)16)5-8(11)6-12-10/h1,5-7H,4H2,2H3,(H,12,13). The van der Waals surface area contributed by atoms with Gasteiger partial charge in [-0.05, 0) is 6.92 Å². The van der Waals surface area contributed by atoms with Gasteiger partial charge in [0.05, 0.1) is 9.95 Å². The Morgan fingerprint density at radius 2 is 2.50 bits per heavy atom. The van der Waals surface area contributed by atoms with E-state index in [-0.39, 0.29) is 22.6 Å². The number of pyridine rings is 1. The first kappa shape index (κ1) is 12.3. The third kappa shape index (κ3) is 3.11. The highest BCUT2D eigenvalue weighted by Gasteiger charge is 2.17. The van der Waals surface area contributed by atoms with Crippen LogP contribution in [0.4, 0.5) is 11.5 Å². The van der Waals surface area contributed by atoms with Crippen LogP contribution in [0.15, 0.2) is 12.3 Å². The van der Waals surface area contributed by atoms with Gasteiger partial charge in [-0.1, -0.05) is 11.6 Å². The lowest BCUT2D eigenvalue weighted by Gasteiger charge is -2.11. The summed E-state index contributed by atoms with van der Waals surface area (Å²) >= 11 is 5.63. The van der Waals surface area contributed by atoms with Gasteiger partial charge in [0.1, 0.15) is 0 Å². The number of nitrogens with one attached hydrogen (secondary N) is 1. The molecular formula is C10H10ClN3O2. The van der Waals surface area contributed by atoms with E-state index in [1.165, 1.54) is 12.3 Å². The molecular weight excluding hydrogens is 230 g/mol. The summed E-state index contributed by atoms with van der Waals surface area (Å²) < 4.78 is 0. The van der Waals surface area contributed by atoms with Gasteiger partial charge in [0.25, 0.3) is 0 Å². The molecule has 1 aromatic heterocycles. The highest BCUT2D eigenvalue weighted by molar-refractivity contribution is 6.30. The maximum Gasteiger partial charge on any atom is 0.312 e. The third-order valence-corrected chi connectivity index (χ3v) is 2.04. The number of aromatic nitrogens is 1. The van der Waals surface area contributed by atoms with E-state index in [4.69, 9.17) is 18.0 Å². The summed E-state index contributed by atoms with van der Waals surface area (Å²) in [6.07, 6.45) is 6.95. The van der Waals surface area contributed by atoms with E-state index in [2.05, 4.69) is 16.2 Å². The van der Waals surface area contributed by atoms with E-state index in [1.54, 1.807) is 0 Å². The van der Waals surface area contributed by atoms with E-state index in [0.717, 1.165) is 0 Å². The molecule has 1 atom stereocenters. The van der Waals surface area contributed by atoms with E-state index in [1.807, 2.05) is 6.92 Å². The molecule has 6 heteroatoms. The summed E-state index contributed by atoms with van der Waals surface area (Å²) in [6.45, 7) is 1.82. The van der Waals surface area contributed by atoms with Crippen LogP contribution in [-0.4, -0.2) is 15.9 Å². The second kappa shape index (κ2) is 5.33. The second-order valence-corrected chi connectivity index (χ2v) is 3.67. The number of hydrogen-bond donors (Lipinski definition) is 1. The molecule has 1 aromatic rings. The Balaban J connectivity index is 2.96. The van der Waals surface area contributed by atoms with E-state index >= 15 is 0 Å². The van der Waals surface area contributed by atoms with Crippen molar-refractivity contribution in [2.24, 2.45) is 0 Å². The predicted molar refractivity (Wildman–Crippen MR) is 62.4 cm³/mol. The summed E-state index contributed by atoms with van der Waals surface area (Å²) in [5.74, 6) is 2.64. The number of hydrogen-bond acceptors (Lipinski definition) is 4. The molecule has 5 nitrogen and oxygen atoms in total. The lowest BCUT2D eigenvalue weighted by molar-refractivity contribution is -0.384. The average Bonchev–Trinajstić information content (AvgIpc) is 2.20. The number of nitro groups is 1. The quantitative estimate of drug-likeness (QED) is 0.498. The fourth-order valence-corrected chi connectivity index (χ4v) is 1.29. The van der Waals surface area contributed by atoms with Crippen molar-refractivity contribution in [2.75, 3.05) is 5.32 Å². The van der Waals surface area contributed by atoms with Gasteiger partial charge in [0.15, 0.2) is 0 Å². The Morgan fingerprint density at radius 3 is 3.06 bits per heavy atom. The lowest BCUT2D eigenvalue weighted by Crippen LogP contribution is -2.16. The van der Waals surface area contributed by atoms with Gasteiger partial charge >= 0.3 is 5.69 Å². The Kier molecular flexibility index (Phi) is 4.09. The molecule has 0 fully saturated rings. The molecule has 1 N–H and O–H groups in total. The van der Waals surface area contributed by atoms with Crippen molar-refractivity contribution in [3.8, 4) is 12.3 Å². The van der Waals surface area contributed by atoms with Crippen LogP contribution in [0.1, 0.15) is 13.3 Å². The number of halogens is 1. The molecule has 0 amide bonds. The van der Waals surface area contributed by atoms with E-state index in [9.17, 15) is 10.1 Å². The zero-order valence-electron chi connectivity index (χ0n) is 8.61. The molecule has 0 saturated carbocycles. The summed E-state index contributed by atoms with van der Waals surface area (Å²) in [6, 6.07) is 1.16. The van der Waals surface area contributed by atoms with Crippen LogP contribution in [0.3, 0.4) is 0 Å². The van der Waals surface area contributed by atoms with Crippen molar-refractivity contribution in [3.63, 3.8) is 0 Å². The molecule has 84 valence electrons. The van der Waals surface area contributed by atoms with Gasteiger partial charge < -0.3 is 5.32 Å². The molecule has 16 heavy (non-hydrogen) atoms. The Bertz CT molecular complexity index is 442. The minimum atomic E-state index is -0.538. The van der Waals surface area contributed by atoms with Gasteiger partial charge in [-0.3, -0.25) is 10.1 Å². The van der Waals surface area contributed by atoms with Crippen molar-refractivity contribution >= 4 is 23.1 Å². The first-order valence-corrected chi connectivity index (χ1v) is 4.92. The number of anilines is 1. The summed E-state index contributed by atoms with van der Waals surface area (Å²) in [7, 11) is 0. The smallest absolute Gasteiger partial charge is 0.312 e. The van der Waals surface area contributed by atoms with Crippen molar-refractivity contribution in [2.45, 2.75) is 19.4 Å². The van der Waals surface area contributed by atoms with Crippen LogP contribution >= 0.6 is 11.6 Å². The van der Waals surface area contributed by atoms with Crippen molar-refractivity contribution in [3.05, 3.63) is 27.4 Å². The van der Waals surface area contributed by atoms with Crippen LogP contribution in [0.5, 0.6) is 0 Å². The minimum absolute atomic E-state index is 0.0858. The van der Waals surface area contributed by atoms with Crippen LogP contribution in [-0.2, 0) is 0 Å². The van der Waals surface area contributed by atoms with E-state index in [0.29, 0.717) is 6.42 Å². The van der Waals surface area contributed by atoms with Gasteiger partial charge in [-0.15, -0.1) is 12.3 Å². The van der Waals surface area contributed by atoms with Gasteiger partial charge in [0.2, 0.25) is 5.82 Å². The van der Waals surface area contributed by atoms with Crippen LogP contribution < -0.4 is 5.32 Å². The molecule has 0 saturated heterocycles. The number of nitrogens with zero attached hydrogens (tertiary/aromatic N) is 2. The molecule has 1 rings (SSSR count). The molecule has 1 unspecified atom stereocenters. The summed E-state index contributed by atoms with van der Waals surface area (Å²) in [4.78, 5) is 14.1. The molecule has 0 aromatic carbocycles. The number of rotatable bonds is 4. The minimum Gasteiger partial charge on any atom is -0.361 e. The fraction of sp³-hybridized carbons (Fsp3) is 0.300. The van der Waals surface area contributed by atoms with Crippen LogP contribution in [0.2, 0.25) is 5.02 Å². The second-order valence-electron chi connectivity index (χ2n) is 3.23. The highest BCUT2D eigenvalue weighted by atomic mass is 35.5. The molecule has 0 aliphatic carbocycles. The summed E-state index contributed by atoms with van der Waals surface area (Å²) in [5.41, 5.74) is -0.156. The topological polar surface area (TPSA) is 68.1 Å². The zero-order chi connectivity index (χ0) is 12.1. The molecule has 1 heterocycles. The van der Waals surface area contributed by atoms with Gasteiger partial charge in [-0.25, -0.2) is 4.98 Å². The number of terminal acetylenes is 1.